The Balaban J connectivity index is 2.28. The van der Waals surface area contributed by atoms with Crippen LogP contribution in [-0.2, 0) is 14.8 Å². The molecule has 2 aromatic rings. The molecule has 0 unspecified atom stereocenters. The minimum absolute atomic E-state index is 0.00915. The molecule has 2 aromatic carbocycles. The van der Waals surface area contributed by atoms with Gasteiger partial charge in [-0.15, -0.1) is 0 Å². The van der Waals surface area contributed by atoms with Gasteiger partial charge in [-0.2, -0.15) is 0 Å². The quantitative estimate of drug-likeness (QED) is 0.504. The van der Waals surface area contributed by atoms with E-state index in [1.807, 2.05) is 6.92 Å². The van der Waals surface area contributed by atoms with Crippen molar-refractivity contribution in [2.75, 3.05) is 10.0 Å². The standard InChI is InChI=1S/C19H23ClN4O4S/c1-3-6-16(23-19(21)26)18(25)22-13-10-9-12(2)17(11-13)29(27,28)24-15-8-5-4-7-14(15)20/h4-5,7-11,16,24H,3,6H2,1-2H3,(H,22,25)(H3,21,23,26)/t16-/m1/s1. The molecule has 0 aliphatic carbocycles. The Morgan fingerprint density at radius 3 is 2.48 bits per heavy atom. The Labute approximate surface area is 174 Å². The number of hydrogen-bond acceptors (Lipinski definition) is 4. The maximum atomic E-state index is 12.8. The van der Waals surface area contributed by atoms with Gasteiger partial charge in [0, 0.05) is 5.69 Å². The normalized spacial score (nSPS) is 12.1. The summed E-state index contributed by atoms with van der Waals surface area (Å²) in [7, 11) is -3.95. The molecule has 1 atom stereocenters. The molecule has 8 nitrogen and oxygen atoms in total. The summed E-state index contributed by atoms with van der Waals surface area (Å²) in [6.07, 6.45) is 1.04. The van der Waals surface area contributed by atoms with E-state index in [4.69, 9.17) is 17.3 Å². The zero-order valence-corrected chi connectivity index (χ0v) is 17.6. The van der Waals surface area contributed by atoms with Gasteiger partial charge >= 0.3 is 6.03 Å². The van der Waals surface area contributed by atoms with Crippen LogP contribution in [0.25, 0.3) is 0 Å². The van der Waals surface area contributed by atoms with E-state index in [9.17, 15) is 18.0 Å². The second-order valence-electron chi connectivity index (χ2n) is 6.40. The average Bonchev–Trinajstić information content (AvgIpc) is 2.64. The number of sulfonamides is 1. The molecule has 29 heavy (non-hydrogen) atoms. The van der Waals surface area contributed by atoms with E-state index in [0.717, 1.165) is 0 Å². The molecule has 0 aromatic heterocycles. The number of primary amides is 1. The van der Waals surface area contributed by atoms with E-state index in [2.05, 4.69) is 15.4 Å². The van der Waals surface area contributed by atoms with Crippen LogP contribution in [0.1, 0.15) is 25.3 Å². The lowest BCUT2D eigenvalue weighted by Gasteiger charge is -2.17. The largest absolute Gasteiger partial charge is 0.352 e. The molecule has 156 valence electrons. The number of para-hydroxylation sites is 1. The highest BCUT2D eigenvalue weighted by atomic mass is 35.5. The highest BCUT2D eigenvalue weighted by molar-refractivity contribution is 7.92. The molecule has 3 amide bonds. The van der Waals surface area contributed by atoms with Crippen LogP contribution in [0.15, 0.2) is 47.4 Å². The van der Waals surface area contributed by atoms with Crippen molar-refractivity contribution in [2.24, 2.45) is 5.73 Å². The lowest BCUT2D eigenvalue weighted by molar-refractivity contribution is -0.118. The number of nitrogens with two attached hydrogens (primary N) is 1. The predicted molar refractivity (Wildman–Crippen MR) is 113 cm³/mol. The molecule has 0 spiro atoms. The molecule has 0 bridgehead atoms. The lowest BCUT2D eigenvalue weighted by atomic mass is 10.1. The number of benzene rings is 2. The molecule has 2 rings (SSSR count). The molecule has 0 fully saturated rings. The zero-order chi connectivity index (χ0) is 21.6. The first-order valence-corrected chi connectivity index (χ1v) is 10.7. The molecule has 0 saturated carbocycles. The first-order chi connectivity index (χ1) is 13.6. The number of halogens is 1. The van der Waals surface area contributed by atoms with Crippen molar-refractivity contribution in [1.82, 2.24) is 5.32 Å². The van der Waals surface area contributed by atoms with Gasteiger partial charge < -0.3 is 16.4 Å². The number of nitrogens with one attached hydrogen (secondary N) is 3. The fourth-order valence-electron chi connectivity index (χ4n) is 2.67. The molecule has 0 radical (unpaired) electrons. The van der Waals surface area contributed by atoms with Gasteiger partial charge in [-0.3, -0.25) is 9.52 Å². The number of hydrogen-bond donors (Lipinski definition) is 4. The number of carbonyl (C=O) groups excluding carboxylic acids is 2. The van der Waals surface area contributed by atoms with Crippen LogP contribution in [0.2, 0.25) is 5.02 Å². The molecule has 0 saturated heterocycles. The first kappa shape index (κ1) is 22.5. The molecule has 0 heterocycles. The summed E-state index contributed by atoms with van der Waals surface area (Å²) in [5.41, 5.74) is 6.12. The van der Waals surface area contributed by atoms with Gasteiger partial charge in [-0.1, -0.05) is 43.1 Å². The van der Waals surface area contributed by atoms with Gasteiger partial charge in [0.2, 0.25) is 5.91 Å². The third-order valence-corrected chi connectivity index (χ3v) is 5.91. The number of rotatable bonds is 8. The third-order valence-electron chi connectivity index (χ3n) is 4.07. The highest BCUT2D eigenvalue weighted by Gasteiger charge is 2.22. The summed E-state index contributed by atoms with van der Waals surface area (Å²) in [5, 5.41) is 5.26. The molecular formula is C19H23ClN4O4S. The number of carbonyl (C=O) groups is 2. The summed E-state index contributed by atoms with van der Waals surface area (Å²) < 4.78 is 28.1. The van der Waals surface area contributed by atoms with Crippen LogP contribution >= 0.6 is 11.6 Å². The minimum atomic E-state index is -3.95. The zero-order valence-electron chi connectivity index (χ0n) is 16.0. The fourth-order valence-corrected chi connectivity index (χ4v) is 4.26. The smallest absolute Gasteiger partial charge is 0.312 e. The molecule has 0 aliphatic heterocycles. The van der Waals surface area contributed by atoms with Gasteiger partial charge in [-0.05, 0) is 43.2 Å². The van der Waals surface area contributed by atoms with Crippen molar-refractivity contribution >= 4 is 44.9 Å². The van der Waals surface area contributed by atoms with Crippen molar-refractivity contribution in [2.45, 2.75) is 37.6 Å². The monoisotopic (exact) mass is 438 g/mol. The van der Waals surface area contributed by atoms with Crippen molar-refractivity contribution in [3.05, 3.63) is 53.1 Å². The molecular weight excluding hydrogens is 416 g/mol. The van der Waals surface area contributed by atoms with Gasteiger partial charge in [0.15, 0.2) is 0 Å². The lowest BCUT2D eigenvalue weighted by Crippen LogP contribution is -2.46. The number of urea groups is 1. The van der Waals surface area contributed by atoms with Crippen LogP contribution in [0, 0.1) is 6.92 Å². The molecule has 0 aliphatic rings. The van der Waals surface area contributed by atoms with Crippen LogP contribution in [0.5, 0.6) is 0 Å². The Morgan fingerprint density at radius 1 is 1.17 bits per heavy atom. The Kier molecular flexibility index (Phi) is 7.46. The Bertz CT molecular complexity index is 1010. The van der Waals surface area contributed by atoms with Crippen molar-refractivity contribution in [3.8, 4) is 0 Å². The van der Waals surface area contributed by atoms with Gasteiger partial charge in [-0.25, -0.2) is 13.2 Å². The van der Waals surface area contributed by atoms with Crippen LogP contribution in [0.3, 0.4) is 0 Å². The Morgan fingerprint density at radius 2 is 1.86 bits per heavy atom. The van der Waals surface area contributed by atoms with E-state index >= 15 is 0 Å². The van der Waals surface area contributed by atoms with E-state index in [-0.39, 0.29) is 21.3 Å². The summed E-state index contributed by atoms with van der Waals surface area (Å²) in [5.74, 6) is -0.489. The van der Waals surface area contributed by atoms with E-state index in [1.165, 1.54) is 6.07 Å². The third kappa shape index (κ3) is 6.10. The molecule has 10 heteroatoms. The maximum Gasteiger partial charge on any atom is 0.312 e. The second-order valence-corrected chi connectivity index (χ2v) is 8.46. The van der Waals surface area contributed by atoms with Crippen LogP contribution in [0.4, 0.5) is 16.2 Å². The van der Waals surface area contributed by atoms with Crippen molar-refractivity contribution < 1.29 is 18.0 Å². The Hall–Kier alpha value is -2.78. The maximum absolute atomic E-state index is 12.8. The van der Waals surface area contributed by atoms with Crippen LogP contribution < -0.4 is 21.1 Å². The molecule has 5 N–H and O–H groups in total. The number of aryl methyl sites for hydroxylation is 1. The van der Waals surface area contributed by atoms with Gasteiger partial charge in [0.1, 0.15) is 6.04 Å². The fraction of sp³-hybridized carbons (Fsp3) is 0.263. The predicted octanol–water partition coefficient (Wildman–Crippen LogP) is 3.22. The van der Waals surface area contributed by atoms with Gasteiger partial charge in [0.25, 0.3) is 10.0 Å². The topological polar surface area (TPSA) is 130 Å². The number of amides is 3. The van der Waals surface area contributed by atoms with Crippen molar-refractivity contribution in [3.63, 3.8) is 0 Å². The summed E-state index contributed by atoms with van der Waals surface area (Å²) in [6, 6.07) is 9.34. The SMILES string of the molecule is CCC[C@@H](NC(N)=O)C(=O)Nc1ccc(C)c(S(=O)(=O)Nc2ccccc2Cl)c1. The minimum Gasteiger partial charge on any atom is -0.352 e. The first-order valence-electron chi connectivity index (χ1n) is 8.89. The van der Waals surface area contributed by atoms with Crippen molar-refractivity contribution in [1.29, 1.82) is 0 Å². The summed E-state index contributed by atoms with van der Waals surface area (Å²) in [4.78, 5) is 23.6. The van der Waals surface area contributed by atoms with E-state index < -0.39 is 28.0 Å². The average molecular weight is 439 g/mol. The van der Waals surface area contributed by atoms with E-state index in [1.54, 1.807) is 43.3 Å². The summed E-state index contributed by atoms with van der Waals surface area (Å²) >= 11 is 6.04. The second kappa shape index (κ2) is 9.62. The summed E-state index contributed by atoms with van der Waals surface area (Å²) in [6.45, 7) is 3.50. The highest BCUT2D eigenvalue weighted by Crippen LogP contribution is 2.27. The number of anilines is 2. The van der Waals surface area contributed by atoms with E-state index in [0.29, 0.717) is 18.4 Å². The van der Waals surface area contributed by atoms with Gasteiger partial charge in [0.05, 0.1) is 15.6 Å². The van der Waals surface area contributed by atoms with Crippen LogP contribution in [-0.4, -0.2) is 26.4 Å².